The lowest BCUT2D eigenvalue weighted by molar-refractivity contribution is -0.195. The van der Waals surface area contributed by atoms with Crippen LogP contribution in [0.15, 0.2) is 0 Å². The molecule has 0 spiro atoms. The van der Waals surface area contributed by atoms with Gasteiger partial charge in [0, 0.05) is 0 Å². The third kappa shape index (κ3) is 16.8. The first-order chi connectivity index (χ1) is 21.4. The summed E-state index contributed by atoms with van der Waals surface area (Å²) in [7, 11) is 0. The monoisotopic (exact) mass is 626 g/mol. The van der Waals surface area contributed by atoms with Crippen LogP contribution in [0, 0.1) is 11.3 Å². The first-order valence-corrected chi connectivity index (χ1v) is 18.1. The minimum atomic E-state index is -2.56. The van der Waals surface area contributed by atoms with Crippen LogP contribution in [0.2, 0.25) is 0 Å². The van der Waals surface area contributed by atoms with E-state index in [0.717, 1.165) is 96.3 Å². The van der Waals surface area contributed by atoms with Crippen molar-refractivity contribution in [1.29, 1.82) is 0 Å². The van der Waals surface area contributed by atoms with E-state index in [1.165, 1.54) is 0 Å². The lowest BCUT2D eigenvalue weighted by Crippen LogP contribution is -2.57. The molecule has 0 aliphatic carbocycles. The third-order valence-electron chi connectivity index (χ3n) is 8.05. The van der Waals surface area contributed by atoms with E-state index in [2.05, 4.69) is 34.6 Å². The second kappa shape index (κ2) is 28.4. The van der Waals surface area contributed by atoms with Crippen molar-refractivity contribution in [2.45, 2.75) is 169 Å². The molecule has 0 amide bonds. The summed E-state index contributed by atoms with van der Waals surface area (Å²) in [5.41, 5.74) is -2.56. The second-order valence-electron chi connectivity index (χ2n) is 12.0. The van der Waals surface area contributed by atoms with Crippen molar-refractivity contribution in [1.82, 2.24) is 0 Å². The zero-order chi connectivity index (χ0) is 32.9. The predicted molar refractivity (Wildman–Crippen MR) is 175 cm³/mol. The van der Waals surface area contributed by atoms with Gasteiger partial charge in [-0.1, -0.05) is 137 Å². The zero-order valence-corrected chi connectivity index (χ0v) is 29.0. The van der Waals surface area contributed by atoms with Crippen molar-refractivity contribution in [2.75, 3.05) is 26.4 Å². The first kappa shape index (κ1) is 41.9. The van der Waals surface area contributed by atoms with E-state index in [0.29, 0.717) is 32.1 Å². The number of ether oxygens (including phenoxy) is 4. The van der Waals surface area contributed by atoms with E-state index in [4.69, 9.17) is 18.9 Å². The van der Waals surface area contributed by atoms with Gasteiger partial charge in [0.25, 0.3) is 5.41 Å². The SMILES string of the molecule is CCCCCCOC(=O)C(CCCCCC)C(C(=O)OCCCCCC)(C(=O)OCCCCCC)C(=O)OCCCCCC. The maximum absolute atomic E-state index is 14.1. The highest BCUT2D eigenvalue weighted by Gasteiger charge is 2.65. The van der Waals surface area contributed by atoms with E-state index in [-0.39, 0.29) is 32.8 Å². The Bertz CT molecular complexity index is 686. The number of unbranched alkanes of at least 4 members (excludes halogenated alkanes) is 15. The van der Waals surface area contributed by atoms with Gasteiger partial charge in [-0.15, -0.1) is 0 Å². The van der Waals surface area contributed by atoms with Gasteiger partial charge in [-0.2, -0.15) is 0 Å². The van der Waals surface area contributed by atoms with Crippen LogP contribution in [0.1, 0.15) is 169 Å². The number of esters is 4. The van der Waals surface area contributed by atoms with E-state index in [1.54, 1.807) is 0 Å². The Kier molecular flexibility index (Phi) is 27.0. The highest BCUT2D eigenvalue weighted by molar-refractivity contribution is 6.20. The molecule has 0 rings (SSSR count). The number of hydrogen-bond acceptors (Lipinski definition) is 8. The molecular formula is C36H66O8. The molecule has 0 aliphatic rings. The van der Waals surface area contributed by atoms with Crippen LogP contribution in [-0.4, -0.2) is 50.3 Å². The standard InChI is InChI=1S/C36H66O8/c1-6-11-16-21-26-31(32(37)41-27-22-17-12-7-2)36(33(38)42-28-23-18-13-8-3,34(39)43-29-24-19-14-9-4)35(40)44-30-25-20-15-10-5/h31H,6-30H2,1-5H3. The molecule has 0 aromatic rings. The number of rotatable bonds is 30. The van der Waals surface area contributed by atoms with E-state index in [9.17, 15) is 19.2 Å². The molecule has 0 saturated heterocycles. The van der Waals surface area contributed by atoms with Crippen LogP contribution in [0.25, 0.3) is 0 Å². The number of carbonyl (C=O) groups excluding carboxylic acids is 4. The summed E-state index contributed by atoms with van der Waals surface area (Å²) in [6.07, 6.45) is 17.3. The number of hydrogen-bond donors (Lipinski definition) is 0. The fourth-order valence-electron chi connectivity index (χ4n) is 5.19. The minimum Gasteiger partial charge on any atom is -0.465 e. The summed E-state index contributed by atoms with van der Waals surface area (Å²) in [5, 5.41) is 0. The van der Waals surface area contributed by atoms with Gasteiger partial charge >= 0.3 is 23.9 Å². The smallest absolute Gasteiger partial charge is 0.336 e. The summed E-state index contributed by atoms with van der Waals surface area (Å²) >= 11 is 0. The van der Waals surface area contributed by atoms with Crippen LogP contribution in [0.5, 0.6) is 0 Å². The minimum absolute atomic E-state index is 0.0444. The third-order valence-corrected chi connectivity index (χ3v) is 8.05. The normalized spacial score (nSPS) is 12.0. The Morgan fingerprint density at radius 3 is 1.02 bits per heavy atom. The van der Waals surface area contributed by atoms with Crippen molar-refractivity contribution in [3.63, 3.8) is 0 Å². The Balaban J connectivity index is 6.51. The summed E-state index contributed by atoms with van der Waals surface area (Å²) in [5.74, 6) is -5.31. The van der Waals surface area contributed by atoms with Crippen LogP contribution in [0.3, 0.4) is 0 Å². The summed E-state index contributed by atoms with van der Waals surface area (Å²) in [4.78, 5) is 56.0. The Morgan fingerprint density at radius 2 is 0.705 bits per heavy atom. The molecule has 0 aromatic carbocycles. The molecule has 0 radical (unpaired) electrons. The van der Waals surface area contributed by atoms with Crippen LogP contribution < -0.4 is 0 Å². The molecule has 0 aliphatic heterocycles. The van der Waals surface area contributed by atoms with Gasteiger partial charge < -0.3 is 18.9 Å². The molecule has 0 aromatic heterocycles. The van der Waals surface area contributed by atoms with Gasteiger partial charge in [0.2, 0.25) is 0 Å². The lowest BCUT2D eigenvalue weighted by Gasteiger charge is -2.33. The zero-order valence-electron chi connectivity index (χ0n) is 29.0. The van der Waals surface area contributed by atoms with Gasteiger partial charge in [0.1, 0.15) is 0 Å². The van der Waals surface area contributed by atoms with Crippen LogP contribution in [0.4, 0.5) is 0 Å². The van der Waals surface area contributed by atoms with Crippen LogP contribution >= 0.6 is 0 Å². The molecule has 0 fully saturated rings. The predicted octanol–water partition coefficient (Wildman–Crippen LogP) is 9.05. The van der Waals surface area contributed by atoms with Crippen LogP contribution in [-0.2, 0) is 38.1 Å². The Labute approximate surface area is 269 Å². The molecule has 8 nitrogen and oxygen atoms in total. The highest BCUT2D eigenvalue weighted by atomic mass is 16.6. The molecule has 0 heterocycles. The molecule has 0 saturated carbocycles. The van der Waals surface area contributed by atoms with Crippen molar-refractivity contribution in [3.05, 3.63) is 0 Å². The summed E-state index contributed by atoms with van der Waals surface area (Å²) < 4.78 is 22.6. The van der Waals surface area contributed by atoms with Crippen molar-refractivity contribution in [2.24, 2.45) is 11.3 Å². The van der Waals surface area contributed by atoms with Gasteiger partial charge in [-0.25, -0.2) is 0 Å². The summed E-state index contributed by atoms with van der Waals surface area (Å²) in [6, 6.07) is 0. The topological polar surface area (TPSA) is 105 Å². The van der Waals surface area contributed by atoms with Crippen molar-refractivity contribution >= 4 is 23.9 Å². The first-order valence-electron chi connectivity index (χ1n) is 18.1. The molecule has 1 unspecified atom stereocenters. The Hall–Kier alpha value is -2.12. The molecule has 258 valence electrons. The molecular weight excluding hydrogens is 560 g/mol. The van der Waals surface area contributed by atoms with Crippen molar-refractivity contribution < 1.29 is 38.1 Å². The average molecular weight is 627 g/mol. The lowest BCUT2D eigenvalue weighted by atomic mass is 9.72. The highest BCUT2D eigenvalue weighted by Crippen LogP contribution is 2.38. The number of carbonyl (C=O) groups is 4. The second-order valence-corrected chi connectivity index (χ2v) is 12.0. The van der Waals surface area contributed by atoms with E-state index >= 15 is 0 Å². The maximum Gasteiger partial charge on any atom is 0.336 e. The Morgan fingerprint density at radius 1 is 0.409 bits per heavy atom. The van der Waals surface area contributed by atoms with Gasteiger partial charge in [-0.05, 0) is 32.1 Å². The molecule has 1 atom stereocenters. The molecule has 44 heavy (non-hydrogen) atoms. The fraction of sp³-hybridized carbons (Fsp3) is 0.889. The van der Waals surface area contributed by atoms with Gasteiger partial charge in [0.15, 0.2) is 0 Å². The summed E-state index contributed by atoms with van der Waals surface area (Å²) in [6.45, 7) is 10.7. The molecule has 8 heteroatoms. The molecule has 0 bridgehead atoms. The fourth-order valence-corrected chi connectivity index (χ4v) is 5.19. The van der Waals surface area contributed by atoms with Crippen molar-refractivity contribution in [3.8, 4) is 0 Å². The van der Waals surface area contributed by atoms with Gasteiger partial charge in [0.05, 0.1) is 32.3 Å². The van der Waals surface area contributed by atoms with Gasteiger partial charge in [-0.3, -0.25) is 19.2 Å². The maximum atomic E-state index is 14.1. The molecule has 0 N–H and O–H groups in total. The van der Waals surface area contributed by atoms with E-state index in [1.807, 2.05) is 0 Å². The average Bonchev–Trinajstić information content (AvgIpc) is 3.01. The largest absolute Gasteiger partial charge is 0.465 e. The quantitative estimate of drug-likeness (QED) is 0.0336. The van der Waals surface area contributed by atoms with E-state index < -0.39 is 35.2 Å².